The standard InChI is InChI=1S/C16H21NO2/c1-17-13(11-10-12-6-3-2-4-7-12)16-14(18)8-5-9-15(16)19-17/h2-4,6-7,13,15-16H,5,8-11H2,1H3/t13-,15?,16+/m1/s1. The smallest absolute Gasteiger partial charge is 0.140 e. The number of hydrogen-bond acceptors (Lipinski definition) is 3. The van der Waals surface area contributed by atoms with Crippen molar-refractivity contribution in [3.8, 4) is 0 Å². The maximum Gasteiger partial charge on any atom is 0.140 e. The molecule has 0 radical (unpaired) electrons. The number of hydroxylamine groups is 2. The molecule has 1 heterocycles. The van der Waals surface area contributed by atoms with Crippen molar-refractivity contribution in [3.05, 3.63) is 35.9 Å². The van der Waals surface area contributed by atoms with E-state index in [1.165, 1.54) is 5.56 Å². The number of carbonyl (C=O) groups is 1. The SMILES string of the molecule is CN1OC2CCCC(=O)[C@@H]2[C@H]1CCc1ccccc1. The number of Topliss-reactive ketones (excluding diaryl/α,β-unsaturated/α-hetero) is 1. The quantitative estimate of drug-likeness (QED) is 0.835. The molecule has 1 saturated heterocycles. The molecular weight excluding hydrogens is 238 g/mol. The van der Waals surface area contributed by atoms with E-state index in [1.54, 1.807) is 0 Å². The lowest BCUT2D eigenvalue weighted by atomic mass is 9.79. The largest absolute Gasteiger partial charge is 0.299 e. The second-order valence-electron chi connectivity index (χ2n) is 5.67. The molecule has 1 saturated carbocycles. The molecule has 2 aliphatic rings. The summed E-state index contributed by atoms with van der Waals surface area (Å²) in [5.74, 6) is 0.501. The minimum atomic E-state index is 0.0995. The van der Waals surface area contributed by atoms with E-state index in [-0.39, 0.29) is 18.1 Å². The fraction of sp³-hybridized carbons (Fsp3) is 0.562. The average Bonchev–Trinajstić information content (AvgIpc) is 2.75. The molecule has 3 rings (SSSR count). The highest BCUT2D eigenvalue weighted by Crippen LogP contribution is 2.36. The molecule has 102 valence electrons. The predicted molar refractivity (Wildman–Crippen MR) is 73.5 cm³/mol. The van der Waals surface area contributed by atoms with E-state index >= 15 is 0 Å². The van der Waals surface area contributed by atoms with Gasteiger partial charge in [0.1, 0.15) is 5.78 Å². The monoisotopic (exact) mass is 259 g/mol. The molecule has 1 aromatic rings. The lowest BCUT2D eigenvalue weighted by Crippen LogP contribution is -2.37. The molecule has 1 aliphatic carbocycles. The van der Waals surface area contributed by atoms with Gasteiger partial charge >= 0.3 is 0 Å². The van der Waals surface area contributed by atoms with Crippen LogP contribution in [-0.2, 0) is 16.1 Å². The Morgan fingerprint density at radius 3 is 2.89 bits per heavy atom. The summed E-state index contributed by atoms with van der Waals surface area (Å²) in [6.07, 6.45) is 4.89. The fourth-order valence-electron chi connectivity index (χ4n) is 3.45. The van der Waals surface area contributed by atoms with Crippen molar-refractivity contribution in [2.75, 3.05) is 7.05 Å². The van der Waals surface area contributed by atoms with E-state index in [9.17, 15) is 4.79 Å². The van der Waals surface area contributed by atoms with Crippen LogP contribution in [0.25, 0.3) is 0 Å². The van der Waals surface area contributed by atoms with Crippen LogP contribution in [0.3, 0.4) is 0 Å². The summed E-state index contributed by atoms with van der Waals surface area (Å²) in [5, 5.41) is 1.93. The summed E-state index contributed by atoms with van der Waals surface area (Å²) in [7, 11) is 1.97. The first-order chi connectivity index (χ1) is 9.25. The second kappa shape index (κ2) is 5.43. The maximum absolute atomic E-state index is 12.1. The first kappa shape index (κ1) is 12.8. The zero-order valence-electron chi connectivity index (χ0n) is 11.4. The van der Waals surface area contributed by atoms with Gasteiger partial charge in [0.25, 0.3) is 0 Å². The Labute approximate surface area is 114 Å². The van der Waals surface area contributed by atoms with Crippen LogP contribution in [0.15, 0.2) is 30.3 Å². The summed E-state index contributed by atoms with van der Waals surface area (Å²) in [6, 6.07) is 10.7. The topological polar surface area (TPSA) is 29.5 Å². The van der Waals surface area contributed by atoms with Gasteiger partial charge in [-0.15, -0.1) is 0 Å². The first-order valence-electron chi connectivity index (χ1n) is 7.22. The van der Waals surface area contributed by atoms with Crippen LogP contribution in [0.2, 0.25) is 0 Å². The maximum atomic E-state index is 12.1. The van der Waals surface area contributed by atoms with Crippen LogP contribution in [0, 0.1) is 5.92 Å². The fourth-order valence-corrected chi connectivity index (χ4v) is 3.45. The van der Waals surface area contributed by atoms with Crippen molar-refractivity contribution in [2.45, 2.75) is 44.2 Å². The Morgan fingerprint density at radius 1 is 1.32 bits per heavy atom. The summed E-state index contributed by atoms with van der Waals surface area (Å²) < 4.78 is 0. The van der Waals surface area contributed by atoms with Crippen LogP contribution in [-0.4, -0.2) is 30.0 Å². The Bertz CT molecular complexity index is 445. The molecule has 0 amide bonds. The van der Waals surface area contributed by atoms with Crippen molar-refractivity contribution in [3.63, 3.8) is 0 Å². The van der Waals surface area contributed by atoms with Gasteiger partial charge in [-0.05, 0) is 31.2 Å². The minimum absolute atomic E-state index is 0.0995. The Hall–Kier alpha value is -1.19. The Balaban J connectivity index is 1.67. The van der Waals surface area contributed by atoms with Crippen molar-refractivity contribution in [2.24, 2.45) is 5.92 Å². The van der Waals surface area contributed by atoms with Crippen LogP contribution >= 0.6 is 0 Å². The normalized spacial score (nSPS) is 31.4. The van der Waals surface area contributed by atoms with Crippen molar-refractivity contribution < 1.29 is 9.63 Å². The molecule has 2 fully saturated rings. The third-order valence-electron chi connectivity index (χ3n) is 4.44. The van der Waals surface area contributed by atoms with E-state index in [2.05, 4.69) is 24.3 Å². The first-order valence-corrected chi connectivity index (χ1v) is 7.22. The van der Waals surface area contributed by atoms with Crippen LogP contribution in [0.4, 0.5) is 0 Å². The van der Waals surface area contributed by atoms with Crippen molar-refractivity contribution >= 4 is 5.78 Å². The number of carbonyl (C=O) groups excluding carboxylic acids is 1. The molecule has 1 aromatic carbocycles. The molecule has 3 atom stereocenters. The second-order valence-corrected chi connectivity index (χ2v) is 5.67. The highest BCUT2D eigenvalue weighted by molar-refractivity contribution is 5.83. The van der Waals surface area contributed by atoms with E-state index in [0.717, 1.165) is 32.1 Å². The highest BCUT2D eigenvalue weighted by atomic mass is 16.7. The number of rotatable bonds is 3. The molecule has 3 nitrogen and oxygen atoms in total. The molecule has 0 bridgehead atoms. The third kappa shape index (κ3) is 2.58. The Kier molecular flexibility index (Phi) is 3.67. The van der Waals surface area contributed by atoms with Gasteiger partial charge in [0, 0.05) is 19.5 Å². The summed E-state index contributed by atoms with van der Waals surface area (Å²) >= 11 is 0. The molecule has 19 heavy (non-hydrogen) atoms. The van der Waals surface area contributed by atoms with Crippen LogP contribution in [0.1, 0.15) is 31.2 Å². The number of nitrogens with zero attached hydrogens (tertiary/aromatic N) is 1. The summed E-state index contributed by atoms with van der Waals surface area (Å²) in [6.45, 7) is 0. The molecule has 0 aromatic heterocycles. The van der Waals surface area contributed by atoms with Crippen LogP contribution < -0.4 is 0 Å². The van der Waals surface area contributed by atoms with Gasteiger partial charge in [0.2, 0.25) is 0 Å². The molecule has 0 N–H and O–H groups in total. The lowest BCUT2D eigenvalue weighted by molar-refractivity contribution is -0.149. The van der Waals surface area contributed by atoms with E-state index in [1.807, 2.05) is 18.2 Å². The summed E-state index contributed by atoms with van der Waals surface area (Å²) in [4.78, 5) is 18.0. The zero-order chi connectivity index (χ0) is 13.2. The molecule has 3 heteroatoms. The van der Waals surface area contributed by atoms with Crippen LogP contribution in [0.5, 0.6) is 0 Å². The van der Waals surface area contributed by atoms with Gasteiger partial charge in [-0.1, -0.05) is 30.3 Å². The average molecular weight is 259 g/mol. The predicted octanol–water partition coefficient (Wildman–Crippen LogP) is 2.60. The van der Waals surface area contributed by atoms with Crippen molar-refractivity contribution in [1.82, 2.24) is 5.06 Å². The van der Waals surface area contributed by atoms with E-state index in [4.69, 9.17) is 4.84 Å². The number of aryl methyl sites for hydroxylation is 1. The number of benzene rings is 1. The van der Waals surface area contributed by atoms with Gasteiger partial charge < -0.3 is 0 Å². The highest BCUT2D eigenvalue weighted by Gasteiger charge is 2.46. The molecular formula is C16H21NO2. The summed E-state index contributed by atoms with van der Waals surface area (Å²) in [5.41, 5.74) is 1.34. The van der Waals surface area contributed by atoms with Gasteiger partial charge in [-0.25, -0.2) is 0 Å². The lowest BCUT2D eigenvalue weighted by Gasteiger charge is -2.25. The molecule has 1 aliphatic heterocycles. The zero-order valence-corrected chi connectivity index (χ0v) is 11.4. The molecule has 1 unspecified atom stereocenters. The minimum Gasteiger partial charge on any atom is -0.299 e. The number of ketones is 1. The van der Waals surface area contributed by atoms with E-state index in [0.29, 0.717) is 5.78 Å². The number of hydrogen-bond donors (Lipinski definition) is 0. The van der Waals surface area contributed by atoms with Gasteiger partial charge in [0.05, 0.1) is 12.0 Å². The van der Waals surface area contributed by atoms with Gasteiger partial charge in [0.15, 0.2) is 0 Å². The Morgan fingerprint density at radius 2 is 2.11 bits per heavy atom. The van der Waals surface area contributed by atoms with Gasteiger partial charge in [-0.2, -0.15) is 5.06 Å². The van der Waals surface area contributed by atoms with Gasteiger partial charge in [-0.3, -0.25) is 9.63 Å². The third-order valence-corrected chi connectivity index (χ3v) is 4.44. The van der Waals surface area contributed by atoms with Crippen molar-refractivity contribution in [1.29, 1.82) is 0 Å². The van der Waals surface area contributed by atoms with E-state index < -0.39 is 0 Å². The molecule has 0 spiro atoms. The number of fused-ring (bicyclic) bond motifs is 1.